The lowest BCUT2D eigenvalue weighted by Gasteiger charge is -2.39. The second-order valence-electron chi connectivity index (χ2n) is 12.7. The highest BCUT2D eigenvalue weighted by Gasteiger charge is 2.42. The van der Waals surface area contributed by atoms with E-state index in [0.29, 0.717) is 16.1 Å². The van der Waals surface area contributed by atoms with Crippen LogP contribution in [0.5, 0.6) is 0 Å². The first-order valence-corrected chi connectivity index (χ1v) is 15.8. The van der Waals surface area contributed by atoms with Crippen molar-refractivity contribution in [1.82, 2.24) is 20.1 Å². The molecule has 6 nitrogen and oxygen atoms in total. The van der Waals surface area contributed by atoms with Crippen LogP contribution in [-0.4, -0.2) is 52.8 Å². The van der Waals surface area contributed by atoms with Crippen molar-refractivity contribution in [3.05, 3.63) is 111 Å². The Balaban J connectivity index is 0.981. The van der Waals surface area contributed by atoms with Gasteiger partial charge in [-0.15, -0.1) is 0 Å². The summed E-state index contributed by atoms with van der Waals surface area (Å²) in [4.78, 5) is 35.9. The molecule has 0 bridgehead atoms. The molecule has 2 aliphatic heterocycles. The summed E-state index contributed by atoms with van der Waals surface area (Å²) in [7, 11) is 0. The van der Waals surface area contributed by atoms with Crippen LogP contribution in [0.15, 0.2) is 72.9 Å². The Labute approximate surface area is 258 Å². The quantitative estimate of drug-likeness (QED) is 0.279. The van der Waals surface area contributed by atoms with Gasteiger partial charge in [0.05, 0.1) is 22.1 Å². The van der Waals surface area contributed by atoms with Crippen LogP contribution in [0.1, 0.15) is 74.7 Å². The number of hydrogen-bond acceptors (Lipinski definition) is 4. The molecule has 2 amide bonds. The molecule has 1 aromatic heterocycles. The first-order valence-electron chi connectivity index (χ1n) is 15.4. The van der Waals surface area contributed by atoms with E-state index in [9.17, 15) is 9.59 Å². The largest absolute Gasteiger partial charge is 0.345 e. The van der Waals surface area contributed by atoms with E-state index >= 15 is 0 Å². The number of benzene rings is 3. The molecule has 0 saturated carbocycles. The molecule has 1 atom stereocenters. The Bertz CT molecular complexity index is 1690. The Morgan fingerprint density at radius 1 is 1.00 bits per heavy atom. The smallest absolute Gasteiger partial charge is 0.253 e. The summed E-state index contributed by atoms with van der Waals surface area (Å²) in [6, 6.07) is 22.1. The van der Waals surface area contributed by atoms with E-state index in [1.165, 1.54) is 16.5 Å². The highest BCUT2D eigenvalue weighted by molar-refractivity contribution is 6.34. The Morgan fingerprint density at radius 2 is 1.84 bits per heavy atom. The first kappa shape index (κ1) is 28.1. The van der Waals surface area contributed by atoms with Crippen molar-refractivity contribution < 1.29 is 9.59 Å². The second kappa shape index (κ2) is 11.4. The molecule has 3 heterocycles. The number of halogens is 1. The third-order valence-electron chi connectivity index (χ3n) is 9.94. The third kappa shape index (κ3) is 5.54. The molecule has 1 N–H and O–H groups in total. The average Bonchev–Trinajstić information content (AvgIpc) is 3.62. The summed E-state index contributed by atoms with van der Waals surface area (Å²) in [6.45, 7) is 6.59. The van der Waals surface area contributed by atoms with Crippen LogP contribution in [0.4, 0.5) is 0 Å². The first-order chi connectivity index (χ1) is 20.9. The highest BCUT2D eigenvalue weighted by atomic mass is 35.5. The summed E-state index contributed by atoms with van der Waals surface area (Å²) in [6.07, 6.45) is 6.84. The predicted molar refractivity (Wildman–Crippen MR) is 170 cm³/mol. The summed E-state index contributed by atoms with van der Waals surface area (Å²) in [5, 5.41) is 4.84. The highest BCUT2D eigenvalue weighted by Crippen LogP contribution is 2.41. The normalized spacial score (nSPS) is 19.6. The summed E-state index contributed by atoms with van der Waals surface area (Å²) in [5.74, 6) is -0.0612. The number of aromatic nitrogens is 1. The van der Waals surface area contributed by atoms with Gasteiger partial charge in [-0.3, -0.25) is 19.5 Å². The lowest BCUT2D eigenvalue weighted by molar-refractivity contribution is 0.0713. The SMILES string of the molecule is Cc1cccc(Cl)c1C(=O)NC1CCc2ccc(C(=O)N3CCC4(CCN(Cc5ccc6ncccc6c5)CC4)C3)cc21. The van der Waals surface area contributed by atoms with E-state index < -0.39 is 0 Å². The molecule has 2 saturated heterocycles. The summed E-state index contributed by atoms with van der Waals surface area (Å²) >= 11 is 6.36. The van der Waals surface area contributed by atoms with Crippen LogP contribution in [0.3, 0.4) is 0 Å². The van der Waals surface area contributed by atoms with E-state index in [2.05, 4.69) is 50.4 Å². The number of carbonyl (C=O) groups excluding carboxylic acids is 2. The van der Waals surface area contributed by atoms with Gasteiger partial charge in [-0.1, -0.05) is 41.9 Å². The summed E-state index contributed by atoms with van der Waals surface area (Å²) in [5.41, 5.74) is 6.91. The summed E-state index contributed by atoms with van der Waals surface area (Å²) < 4.78 is 0. The van der Waals surface area contributed by atoms with Crippen molar-refractivity contribution in [3.63, 3.8) is 0 Å². The van der Waals surface area contributed by atoms with Crippen LogP contribution in [0.25, 0.3) is 10.9 Å². The number of nitrogens with one attached hydrogen (secondary N) is 1. The number of nitrogens with zero attached hydrogens (tertiary/aromatic N) is 3. The van der Waals surface area contributed by atoms with Gasteiger partial charge in [-0.25, -0.2) is 0 Å². The van der Waals surface area contributed by atoms with Crippen LogP contribution < -0.4 is 5.32 Å². The number of likely N-dealkylation sites (tertiary alicyclic amines) is 2. The van der Waals surface area contributed by atoms with Crippen molar-refractivity contribution in [2.75, 3.05) is 26.2 Å². The zero-order valence-corrected chi connectivity index (χ0v) is 25.4. The molecule has 0 radical (unpaired) electrons. The Hall–Kier alpha value is -3.74. The van der Waals surface area contributed by atoms with Crippen LogP contribution >= 0.6 is 11.6 Å². The zero-order valence-electron chi connectivity index (χ0n) is 24.6. The number of carbonyl (C=O) groups is 2. The fourth-order valence-corrected chi connectivity index (χ4v) is 7.71. The van der Waals surface area contributed by atoms with Crippen molar-refractivity contribution in [3.8, 4) is 0 Å². The average molecular weight is 593 g/mol. The fraction of sp³-hybridized carbons (Fsp3) is 0.361. The third-order valence-corrected chi connectivity index (χ3v) is 10.3. The van der Waals surface area contributed by atoms with Gasteiger partial charge in [0.25, 0.3) is 11.8 Å². The van der Waals surface area contributed by atoms with E-state index in [1.54, 1.807) is 6.07 Å². The molecule has 3 aliphatic rings. The topological polar surface area (TPSA) is 65.5 Å². The predicted octanol–water partition coefficient (Wildman–Crippen LogP) is 6.74. The van der Waals surface area contributed by atoms with Crippen LogP contribution in [0, 0.1) is 12.3 Å². The van der Waals surface area contributed by atoms with E-state index in [-0.39, 0.29) is 23.3 Å². The molecule has 1 unspecified atom stereocenters. The van der Waals surface area contributed by atoms with Crippen molar-refractivity contribution in [1.29, 1.82) is 0 Å². The molecule has 2 fully saturated rings. The minimum Gasteiger partial charge on any atom is -0.345 e. The molecule has 43 heavy (non-hydrogen) atoms. The minimum atomic E-state index is -0.164. The molecule has 7 rings (SSSR count). The van der Waals surface area contributed by atoms with Gasteiger partial charge in [0.1, 0.15) is 0 Å². The van der Waals surface area contributed by atoms with Crippen molar-refractivity contribution in [2.45, 2.75) is 51.6 Å². The maximum atomic E-state index is 13.7. The van der Waals surface area contributed by atoms with Gasteiger partial charge < -0.3 is 10.2 Å². The van der Waals surface area contributed by atoms with Crippen LogP contribution in [0.2, 0.25) is 5.02 Å². The zero-order chi connectivity index (χ0) is 29.6. The van der Waals surface area contributed by atoms with E-state index in [1.807, 2.05) is 43.5 Å². The molecule has 4 aromatic rings. The number of pyridine rings is 1. The van der Waals surface area contributed by atoms with Gasteiger partial charge in [-0.2, -0.15) is 0 Å². The van der Waals surface area contributed by atoms with Crippen molar-refractivity contribution in [2.24, 2.45) is 5.41 Å². The number of piperidine rings is 1. The molecular formula is C36H37ClN4O2. The number of rotatable bonds is 5. The molecule has 1 spiro atoms. The van der Waals surface area contributed by atoms with Gasteiger partial charge in [0.15, 0.2) is 0 Å². The van der Waals surface area contributed by atoms with E-state index in [4.69, 9.17) is 11.6 Å². The lowest BCUT2D eigenvalue weighted by Crippen LogP contribution is -2.42. The monoisotopic (exact) mass is 592 g/mol. The molecular weight excluding hydrogens is 556 g/mol. The Morgan fingerprint density at radius 3 is 2.67 bits per heavy atom. The maximum Gasteiger partial charge on any atom is 0.253 e. The second-order valence-corrected chi connectivity index (χ2v) is 13.1. The molecule has 220 valence electrons. The fourth-order valence-electron chi connectivity index (χ4n) is 7.40. The number of amides is 2. The minimum absolute atomic E-state index is 0.103. The molecule has 1 aliphatic carbocycles. The van der Waals surface area contributed by atoms with Gasteiger partial charge in [0.2, 0.25) is 0 Å². The van der Waals surface area contributed by atoms with E-state index in [0.717, 1.165) is 81.5 Å². The molecule has 7 heteroatoms. The number of fused-ring (bicyclic) bond motifs is 2. The maximum absolute atomic E-state index is 13.7. The number of aryl methyl sites for hydroxylation is 2. The standard InChI is InChI=1S/C36H37ClN4O2/c1-24-4-2-6-30(37)33(24)34(42)39-32-12-10-26-8-9-28(21-29(26)32)35(43)41-19-15-36(23-41)13-17-40(18-14-36)22-25-7-11-31-27(20-25)5-3-16-38-31/h2-9,11,16,20-21,32H,10,12-15,17-19,22-23H2,1H3,(H,39,42). The number of hydrogen-bond donors (Lipinski definition) is 1. The molecule has 3 aromatic carbocycles. The lowest BCUT2D eigenvalue weighted by atomic mass is 9.77. The van der Waals surface area contributed by atoms with Gasteiger partial charge >= 0.3 is 0 Å². The van der Waals surface area contributed by atoms with Gasteiger partial charge in [0, 0.05) is 36.8 Å². The Kier molecular flexibility index (Phi) is 7.44. The van der Waals surface area contributed by atoms with Gasteiger partial charge in [-0.05, 0) is 116 Å². The van der Waals surface area contributed by atoms with Crippen LogP contribution in [-0.2, 0) is 13.0 Å². The van der Waals surface area contributed by atoms with Crippen molar-refractivity contribution >= 4 is 34.3 Å².